The van der Waals surface area contributed by atoms with Crippen LogP contribution in [0.4, 0.5) is 26.0 Å². The predicted octanol–water partition coefficient (Wildman–Crippen LogP) is 2.61. The van der Waals surface area contributed by atoms with Gasteiger partial charge in [-0.25, -0.2) is 13.8 Å². The van der Waals surface area contributed by atoms with Crippen molar-refractivity contribution in [3.63, 3.8) is 0 Å². The number of carbonyl (C=O) groups excluding carboxylic acids is 2. The lowest BCUT2D eigenvalue weighted by Gasteiger charge is -2.09. The molecule has 0 radical (unpaired) electrons. The van der Waals surface area contributed by atoms with Crippen LogP contribution in [-0.4, -0.2) is 27.5 Å². The van der Waals surface area contributed by atoms with Crippen LogP contribution < -0.4 is 21.9 Å². The SMILES string of the molecule is Nc1nc(SCC(=O)Nc2ccccc2)[nH]c(=O)c1NC(=O)c1ccc(F)c(F)c1. The second kappa shape index (κ2) is 9.18. The van der Waals surface area contributed by atoms with Crippen molar-refractivity contribution >= 4 is 40.8 Å². The van der Waals surface area contributed by atoms with Gasteiger partial charge in [-0.2, -0.15) is 0 Å². The monoisotopic (exact) mass is 431 g/mol. The van der Waals surface area contributed by atoms with E-state index in [4.69, 9.17) is 5.73 Å². The van der Waals surface area contributed by atoms with Crippen molar-refractivity contribution in [2.45, 2.75) is 5.16 Å². The molecular formula is C19H15F2N5O3S. The van der Waals surface area contributed by atoms with Crippen LogP contribution >= 0.6 is 11.8 Å². The van der Waals surface area contributed by atoms with Crippen molar-refractivity contribution in [2.24, 2.45) is 0 Å². The molecular weight excluding hydrogens is 416 g/mol. The van der Waals surface area contributed by atoms with Crippen LogP contribution in [0.5, 0.6) is 0 Å². The standard InChI is InChI=1S/C19H15F2N5O3S/c20-12-7-6-10(8-13(12)21)17(28)24-15-16(22)25-19(26-18(15)29)30-9-14(27)23-11-4-2-1-3-5-11/h1-8H,9H2,(H,23,27)(H,24,28)(H3,22,25,26,29). The number of hydrogen-bond acceptors (Lipinski definition) is 6. The minimum absolute atomic E-state index is 0.0438. The van der Waals surface area contributed by atoms with Crippen molar-refractivity contribution in [1.29, 1.82) is 0 Å². The zero-order chi connectivity index (χ0) is 21.7. The summed E-state index contributed by atoms with van der Waals surface area (Å²) in [5.74, 6) is -3.83. The molecule has 154 valence electrons. The molecule has 1 aromatic heterocycles. The summed E-state index contributed by atoms with van der Waals surface area (Å²) in [5.41, 5.74) is 5.05. The topological polar surface area (TPSA) is 130 Å². The Morgan fingerprint density at radius 3 is 2.47 bits per heavy atom. The van der Waals surface area contributed by atoms with E-state index in [0.29, 0.717) is 11.8 Å². The van der Waals surface area contributed by atoms with E-state index >= 15 is 0 Å². The molecule has 0 atom stereocenters. The highest BCUT2D eigenvalue weighted by Crippen LogP contribution is 2.18. The molecule has 0 fully saturated rings. The number of benzene rings is 2. The van der Waals surface area contributed by atoms with Crippen LogP contribution in [0.2, 0.25) is 0 Å². The Bertz CT molecular complexity index is 1150. The van der Waals surface area contributed by atoms with E-state index in [1.54, 1.807) is 24.3 Å². The largest absolute Gasteiger partial charge is 0.382 e. The molecule has 2 aromatic carbocycles. The highest BCUT2D eigenvalue weighted by molar-refractivity contribution is 7.99. The molecule has 5 N–H and O–H groups in total. The lowest BCUT2D eigenvalue weighted by Crippen LogP contribution is -2.23. The molecule has 1 heterocycles. The third-order valence-electron chi connectivity index (χ3n) is 3.74. The maximum Gasteiger partial charge on any atom is 0.277 e. The molecule has 11 heteroatoms. The van der Waals surface area contributed by atoms with E-state index in [1.807, 2.05) is 6.07 Å². The van der Waals surface area contributed by atoms with Gasteiger partial charge in [0.25, 0.3) is 11.5 Å². The summed E-state index contributed by atoms with van der Waals surface area (Å²) in [6.07, 6.45) is 0. The van der Waals surface area contributed by atoms with Gasteiger partial charge in [0.1, 0.15) is 5.69 Å². The van der Waals surface area contributed by atoms with Gasteiger partial charge in [0.05, 0.1) is 5.75 Å². The van der Waals surface area contributed by atoms with Gasteiger partial charge in [-0.15, -0.1) is 0 Å². The second-order valence-electron chi connectivity index (χ2n) is 5.92. The summed E-state index contributed by atoms with van der Waals surface area (Å²) in [6, 6.07) is 11.4. The lowest BCUT2D eigenvalue weighted by molar-refractivity contribution is -0.113. The van der Waals surface area contributed by atoms with Gasteiger partial charge in [0.15, 0.2) is 22.6 Å². The molecule has 0 spiro atoms. The lowest BCUT2D eigenvalue weighted by atomic mass is 10.2. The quantitative estimate of drug-likeness (QED) is 0.351. The van der Waals surface area contributed by atoms with Crippen molar-refractivity contribution in [2.75, 3.05) is 22.1 Å². The van der Waals surface area contributed by atoms with Crippen LogP contribution in [-0.2, 0) is 4.79 Å². The van der Waals surface area contributed by atoms with Gasteiger partial charge in [-0.1, -0.05) is 30.0 Å². The highest BCUT2D eigenvalue weighted by atomic mass is 32.2. The van der Waals surface area contributed by atoms with Crippen LogP contribution in [0, 0.1) is 11.6 Å². The number of nitrogens with one attached hydrogen (secondary N) is 3. The maximum atomic E-state index is 13.3. The fourth-order valence-corrected chi connectivity index (χ4v) is 3.00. The number of anilines is 3. The van der Waals surface area contributed by atoms with E-state index in [2.05, 4.69) is 20.6 Å². The third-order valence-corrected chi connectivity index (χ3v) is 4.62. The first-order valence-corrected chi connectivity index (χ1v) is 9.46. The number of halogens is 2. The van der Waals surface area contributed by atoms with Gasteiger partial charge in [0.2, 0.25) is 5.91 Å². The summed E-state index contributed by atoms with van der Waals surface area (Å²) < 4.78 is 26.3. The van der Waals surface area contributed by atoms with Crippen LogP contribution in [0.15, 0.2) is 58.5 Å². The van der Waals surface area contributed by atoms with Crippen molar-refractivity contribution < 1.29 is 18.4 Å². The summed E-state index contributed by atoms with van der Waals surface area (Å²) >= 11 is 0.941. The number of thioether (sulfide) groups is 1. The van der Waals surface area contributed by atoms with Gasteiger partial charge >= 0.3 is 0 Å². The normalized spacial score (nSPS) is 10.5. The van der Waals surface area contributed by atoms with Gasteiger partial charge in [-0.05, 0) is 30.3 Å². The molecule has 8 nitrogen and oxygen atoms in total. The highest BCUT2D eigenvalue weighted by Gasteiger charge is 2.16. The molecule has 2 amide bonds. The minimum atomic E-state index is -1.21. The number of aromatic nitrogens is 2. The Balaban J connectivity index is 1.66. The zero-order valence-electron chi connectivity index (χ0n) is 15.2. The van der Waals surface area contributed by atoms with E-state index in [1.165, 1.54) is 0 Å². The van der Waals surface area contributed by atoms with Crippen molar-refractivity contribution in [1.82, 2.24) is 9.97 Å². The second-order valence-corrected chi connectivity index (χ2v) is 6.88. The number of rotatable bonds is 6. The van der Waals surface area contributed by atoms with E-state index in [-0.39, 0.29) is 33.9 Å². The van der Waals surface area contributed by atoms with Crippen LogP contribution in [0.25, 0.3) is 0 Å². The first-order chi connectivity index (χ1) is 14.3. The molecule has 0 unspecified atom stereocenters. The Hall–Kier alpha value is -3.73. The average Bonchev–Trinajstić information content (AvgIpc) is 2.72. The fourth-order valence-electron chi connectivity index (χ4n) is 2.33. The molecule has 3 rings (SSSR count). The zero-order valence-corrected chi connectivity index (χ0v) is 16.1. The Morgan fingerprint density at radius 1 is 1.07 bits per heavy atom. The summed E-state index contributed by atoms with van der Waals surface area (Å²) in [6.45, 7) is 0. The third kappa shape index (κ3) is 5.20. The number of amides is 2. The molecule has 0 bridgehead atoms. The number of nitrogens with two attached hydrogens (primary N) is 1. The number of nitrogen functional groups attached to an aromatic ring is 1. The molecule has 0 saturated carbocycles. The fraction of sp³-hybridized carbons (Fsp3) is 0.0526. The van der Waals surface area contributed by atoms with Gasteiger partial charge in [-0.3, -0.25) is 19.4 Å². The number of H-pyrrole nitrogens is 1. The summed E-state index contributed by atoms with van der Waals surface area (Å²) in [5, 5.41) is 4.97. The predicted molar refractivity (Wildman–Crippen MR) is 109 cm³/mol. The summed E-state index contributed by atoms with van der Waals surface area (Å²) in [7, 11) is 0. The average molecular weight is 431 g/mol. The van der Waals surface area contributed by atoms with Crippen LogP contribution in [0.3, 0.4) is 0 Å². The molecule has 30 heavy (non-hydrogen) atoms. The summed E-state index contributed by atoms with van der Waals surface area (Å²) in [4.78, 5) is 42.7. The van der Waals surface area contributed by atoms with Gasteiger partial charge < -0.3 is 16.4 Å². The molecule has 0 aliphatic carbocycles. The molecule has 0 saturated heterocycles. The number of nitrogens with zero attached hydrogens (tertiary/aromatic N) is 1. The molecule has 0 aliphatic heterocycles. The Morgan fingerprint density at radius 2 is 1.80 bits per heavy atom. The first-order valence-electron chi connectivity index (χ1n) is 8.47. The number of hydrogen-bond donors (Lipinski definition) is 4. The molecule has 0 aliphatic rings. The molecule has 3 aromatic rings. The smallest absolute Gasteiger partial charge is 0.277 e. The van der Waals surface area contributed by atoms with Gasteiger partial charge in [0, 0.05) is 11.3 Å². The number of carbonyl (C=O) groups is 2. The number of para-hydroxylation sites is 1. The first kappa shape index (κ1) is 21.0. The Labute approximate surface area is 172 Å². The van der Waals surface area contributed by atoms with Crippen molar-refractivity contribution in [3.05, 3.63) is 76.1 Å². The van der Waals surface area contributed by atoms with E-state index in [0.717, 1.165) is 23.9 Å². The van der Waals surface area contributed by atoms with E-state index < -0.39 is 23.1 Å². The maximum absolute atomic E-state index is 13.3. The van der Waals surface area contributed by atoms with Crippen molar-refractivity contribution in [3.8, 4) is 0 Å². The number of aromatic amines is 1. The van der Waals surface area contributed by atoms with Crippen LogP contribution in [0.1, 0.15) is 10.4 Å². The minimum Gasteiger partial charge on any atom is -0.382 e. The Kier molecular flexibility index (Phi) is 6.42. The van der Waals surface area contributed by atoms with E-state index in [9.17, 15) is 23.2 Å².